The van der Waals surface area contributed by atoms with Crippen molar-refractivity contribution in [1.82, 2.24) is 0 Å². The van der Waals surface area contributed by atoms with Crippen LogP contribution in [0.4, 0.5) is 5.69 Å². The van der Waals surface area contributed by atoms with Gasteiger partial charge in [0.2, 0.25) is 0 Å². The van der Waals surface area contributed by atoms with E-state index in [9.17, 15) is 9.90 Å². The van der Waals surface area contributed by atoms with Crippen LogP contribution in [0.3, 0.4) is 0 Å². The quantitative estimate of drug-likeness (QED) is 0.527. The van der Waals surface area contributed by atoms with Gasteiger partial charge in [0, 0.05) is 11.7 Å². The van der Waals surface area contributed by atoms with E-state index in [1.807, 2.05) is 24.3 Å². The van der Waals surface area contributed by atoms with Crippen LogP contribution >= 0.6 is 0 Å². The van der Waals surface area contributed by atoms with Gasteiger partial charge in [-0.25, -0.2) is 0 Å². The second kappa shape index (κ2) is 9.36. The number of amides is 1. The average Bonchev–Trinajstić information content (AvgIpc) is 2.77. The number of nitrogens with two attached hydrogens (primary N) is 1. The van der Waals surface area contributed by atoms with Crippen molar-refractivity contribution in [3.05, 3.63) is 89.0 Å². The Labute approximate surface area is 184 Å². The van der Waals surface area contributed by atoms with Crippen molar-refractivity contribution in [3.63, 3.8) is 0 Å². The molecule has 0 atom stereocenters. The first kappa shape index (κ1) is 21.1. The van der Waals surface area contributed by atoms with Gasteiger partial charge < -0.3 is 16.2 Å². The lowest BCUT2D eigenvalue weighted by Crippen LogP contribution is -2.29. The fourth-order valence-corrected chi connectivity index (χ4v) is 4.37. The highest BCUT2D eigenvalue weighted by atomic mass is 16.3. The van der Waals surface area contributed by atoms with Crippen molar-refractivity contribution >= 4 is 11.6 Å². The second-order valence-electron chi connectivity index (χ2n) is 8.59. The first-order chi connectivity index (χ1) is 15.0. The van der Waals surface area contributed by atoms with E-state index in [2.05, 4.69) is 54.7 Å². The largest absolute Gasteiger partial charge is 0.393 e. The molecule has 4 nitrogen and oxygen atoms in total. The van der Waals surface area contributed by atoms with Gasteiger partial charge in [-0.2, -0.15) is 0 Å². The van der Waals surface area contributed by atoms with E-state index in [1.165, 1.54) is 16.7 Å². The number of nitrogens with one attached hydrogen (secondary N) is 1. The Morgan fingerprint density at radius 2 is 1.71 bits per heavy atom. The number of rotatable bonds is 6. The maximum atomic E-state index is 12.0. The molecule has 31 heavy (non-hydrogen) atoms. The van der Waals surface area contributed by atoms with Crippen LogP contribution in [0.5, 0.6) is 0 Å². The zero-order chi connectivity index (χ0) is 21.8. The molecule has 3 aromatic rings. The van der Waals surface area contributed by atoms with Gasteiger partial charge in [-0.1, -0.05) is 60.2 Å². The Hall–Kier alpha value is -3.11. The van der Waals surface area contributed by atoms with Gasteiger partial charge in [0.15, 0.2) is 0 Å². The van der Waals surface area contributed by atoms with Gasteiger partial charge in [0.1, 0.15) is 0 Å². The number of primary amides is 1. The van der Waals surface area contributed by atoms with E-state index in [1.54, 1.807) is 0 Å². The number of carbonyl (C=O) groups is 1. The first-order valence-electron chi connectivity index (χ1n) is 11.0. The minimum Gasteiger partial charge on any atom is -0.393 e. The van der Waals surface area contributed by atoms with E-state index in [0.29, 0.717) is 5.56 Å². The normalized spacial score (nSPS) is 18.5. The Bertz CT molecular complexity index is 1050. The molecule has 0 aromatic heterocycles. The number of hydrogen-bond donors (Lipinski definition) is 3. The summed E-state index contributed by atoms with van der Waals surface area (Å²) in [6.45, 7) is 2.10. The van der Waals surface area contributed by atoms with Gasteiger partial charge in [-0.15, -0.1) is 0 Å². The fraction of sp³-hybridized carbons (Fsp3) is 0.296. The molecule has 0 heterocycles. The van der Waals surface area contributed by atoms with E-state index < -0.39 is 5.91 Å². The summed E-state index contributed by atoms with van der Waals surface area (Å²) in [7, 11) is 0. The molecule has 1 amide bonds. The highest BCUT2D eigenvalue weighted by molar-refractivity contribution is 5.99. The van der Waals surface area contributed by atoms with Crippen molar-refractivity contribution in [1.29, 1.82) is 0 Å². The second-order valence-corrected chi connectivity index (χ2v) is 8.59. The molecule has 0 unspecified atom stereocenters. The van der Waals surface area contributed by atoms with Crippen LogP contribution in [0.1, 0.15) is 52.7 Å². The summed E-state index contributed by atoms with van der Waals surface area (Å²) >= 11 is 0. The van der Waals surface area contributed by atoms with Gasteiger partial charge in [-0.05, 0) is 73.4 Å². The SMILES string of the molecule is Cc1ccc(Cc2ccccc2-c2ccc(C(N)=O)c(NC3CCC(O)CC3)c2)cc1. The third-order valence-corrected chi connectivity index (χ3v) is 6.18. The Morgan fingerprint density at radius 1 is 1.00 bits per heavy atom. The number of aliphatic hydroxyl groups excluding tert-OH is 1. The first-order valence-corrected chi connectivity index (χ1v) is 11.0. The van der Waals surface area contributed by atoms with Crippen molar-refractivity contribution in [3.8, 4) is 11.1 Å². The molecular weight excluding hydrogens is 384 g/mol. The molecule has 160 valence electrons. The lowest BCUT2D eigenvalue weighted by atomic mass is 9.91. The molecule has 4 rings (SSSR count). The molecule has 0 saturated heterocycles. The predicted octanol–water partition coefficient (Wildman–Crippen LogP) is 5.07. The maximum Gasteiger partial charge on any atom is 0.250 e. The van der Waals surface area contributed by atoms with E-state index in [-0.39, 0.29) is 12.1 Å². The molecule has 0 radical (unpaired) electrons. The van der Waals surface area contributed by atoms with Gasteiger partial charge in [-0.3, -0.25) is 4.79 Å². The smallest absolute Gasteiger partial charge is 0.250 e. The van der Waals surface area contributed by atoms with E-state index in [0.717, 1.165) is 48.9 Å². The number of aliphatic hydroxyl groups is 1. The third-order valence-electron chi connectivity index (χ3n) is 6.18. The summed E-state index contributed by atoms with van der Waals surface area (Å²) in [5, 5.41) is 13.3. The van der Waals surface area contributed by atoms with E-state index in [4.69, 9.17) is 5.73 Å². The molecule has 1 aliphatic carbocycles. The maximum absolute atomic E-state index is 12.0. The summed E-state index contributed by atoms with van der Waals surface area (Å²) < 4.78 is 0. The molecule has 1 saturated carbocycles. The number of hydrogen-bond acceptors (Lipinski definition) is 3. The van der Waals surface area contributed by atoms with Crippen LogP contribution in [-0.4, -0.2) is 23.2 Å². The molecule has 1 aliphatic rings. The lowest BCUT2D eigenvalue weighted by molar-refractivity contribution is 0.100. The topological polar surface area (TPSA) is 75.4 Å². The molecule has 0 spiro atoms. The summed E-state index contributed by atoms with van der Waals surface area (Å²) in [6.07, 6.45) is 3.96. The van der Waals surface area contributed by atoms with Crippen LogP contribution in [0.25, 0.3) is 11.1 Å². The fourth-order valence-electron chi connectivity index (χ4n) is 4.37. The Balaban J connectivity index is 1.65. The van der Waals surface area contributed by atoms with Crippen LogP contribution in [0, 0.1) is 6.92 Å². The summed E-state index contributed by atoms with van der Waals surface area (Å²) in [6, 6.07) is 23.1. The van der Waals surface area contributed by atoms with Crippen molar-refractivity contribution in [2.45, 2.75) is 51.2 Å². The number of carbonyl (C=O) groups excluding carboxylic acids is 1. The number of benzene rings is 3. The summed E-state index contributed by atoms with van der Waals surface area (Å²) in [4.78, 5) is 12.0. The van der Waals surface area contributed by atoms with Crippen LogP contribution < -0.4 is 11.1 Å². The van der Waals surface area contributed by atoms with Gasteiger partial charge in [0.05, 0.1) is 11.7 Å². The zero-order valence-electron chi connectivity index (χ0n) is 18.0. The number of anilines is 1. The minimum absolute atomic E-state index is 0.214. The molecule has 1 fully saturated rings. The highest BCUT2D eigenvalue weighted by Crippen LogP contribution is 2.31. The van der Waals surface area contributed by atoms with Gasteiger partial charge >= 0.3 is 0 Å². The van der Waals surface area contributed by atoms with E-state index >= 15 is 0 Å². The average molecular weight is 415 g/mol. The molecule has 0 bridgehead atoms. The molecule has 0 aliphatic heterocycles. The molecule has 3 aromatic carbocycles. The Kier molecular flexibility index (Phi) is 6.38. The predicted molar refractivity (Wildman–Crippen MR) is 126 cm³/mol. The number of aryl methyl sites for hydroxylation is 1. The van der Waals surface area contributed by atoms with Crippen molar-refractivity contribution < 1.29 is 9.90 Å². The zero-order valence-corrected chi connectivity index (χ0v) is 18.0. The lowest BCUT2D eigenvalue weighted by Gasteiger charge is -2.28. The van der Waals surface area contributed by atoms with Gasteiger partial charge in [0.25, 0.3) is 5.91 Å². The highest BCUT2D eigenvalue weighted by Gasteiger charge is 2.21. The van der Waals surface area contributed by atoms with Crippen LogP contribution in [-0.2, 0) is 6.42 Å². The van der Waals surface area contributed by atoms with Crippen LogP contribution in [0.2, 0.25) is 0 Å². The molecule has 4 heteroatoms. The summed E-state index contributed by atoms with van der Waals surface area (Å²) in [5.41, 5.74) is 12.9. The van der Waals surface area contributed by atoms with Crippen molar-refractivity contribution in [2.75, 3.05) is 5.32 Å². The monoisotopic (exact) mass is 414 g/mol. The molecular formula is C27H30N2O2. The van der Waals surface area contributed by atoms with Crippen LogP contribution in [0.15, 0.2) is 66.7 Å². The third kappa shape index (κ3) is 5.15. The summed E-state index contributed by atoms with van der Waals surface area (Å²) in [5.74, 6) is -0.433. The Morgan fingerprint density at radius 3 is 2.42 bits per heavy atom. The standard InChI is InChI=1S/C27H30N2O2/c1-18-6-8-19(9-7-18)16-20-4-2-3-5-24(20)21-10-15-25(27(28)31)26(17-21)29-22-11-13-23(30)14-12-22/h2-10,15,17,22-23,29-30H,11-14,16H2,1H3,(H2,28,31). The minimum atomic E-state index is -0.433. The molecule has 4 N–H and O–H groups in total. The van der Waals surface area contributed by atoms with Crippen molar-refractivity contribution in [2.24, 2.45) is 5.73 Å².